The van der Waals surface area contributed by atoms with Crippen molar-refractivity contribution in [2.24, 2.45) is 0 Å². The Morgan fingerprint density at radius 2 is 1.73 bits per heavy atom. The molecule has 2 aromatic heterocycles. The van der Waals surface area contributed by atoms with E-state index in [1.807, 2.05) is 18.2 Å². The summed E-state index contributed by atoms with van der Waals surface area (Å²) in [6.07, 6.45) is 0. The average Bonchev–Trinajstić information content (AvgIpc) is 3.11. The molecule has 3 heterocycles. The highest BCUT2D eigenvalue weighted by atomic mass is 32.1. The van der Waals surface area contributed by atoms with E-state index in [9.17, 15) is 0 Å². The zero-order chi connectivity index (χ0) is 15.1. The SMILES string of the molecule is Cc1nc(N2CCN(c3nc4ccccc4[nH]3)CC2)sc1C. The molecule has 0 bridgehead atoms. The molecule has 1 fully saturated rings. The highest BCUT2D eigenvalue weighted by Gasteiger charge is 2.21. The first-order chi connectivity index (χ1) is 10.7. The van der Waals surface area contributed by atoms with Gasteiger partial charge in [0, 0.05) is 31.1 Å². The number of thiazole rings is 1. The molecule has 0 amide bonds. The molecule has 1 aliphatic heterocycles. The molecule has 1 saturated heterocycles. The fraction of sp³-hybridized carbons (Fsp3) is 0.375. The van der Waals surface area contributed by atoms with Gasteiger partial charge in [0.25, 0.3) is 0 Å². The molecule has 1 N–H and O–H groups in total. The lowest BCUT2D eigenvalue weighted by atomic mass is 10.3. The van der Waals surface area contributed by atoms with Gasteiger partial charge in [-0.05, 0) is 26.0 Å². The van der Waals surface area contributed by atoms with Gasteiger partial charge in [-0.2, -0.15) is 0 Å². The van der Waals surface area contributed by atoms with Crippen LogP contribution in [0.1, 0.15) is 10.6 Å². The number of hydrogen-bond acceptors (Lipinski definition) is 5. The topological polar surface area (TPSA) is 48.1 Å². The molecule has 0 spiro atoms. The Labute approximate surface area is 133 Å². The number of rotatable bonds is 2. The second kappa shape index (κ2) is 5.28. The minimum atomic E-state index is 0.970. The Kier molecular flexibility index (Phi) is 3.26. The Hall–Kier alpha value is -2.08. The summed E-state index contributed by atoms with van der Waals surface area (Å²) >= 11 is 1.79. The van der Waals surface area contributed by atoms with Gasteiger partial charge < -0.3 is 14.8 Å². The molecule has 0 saturated carbocycles. The number of nitrogens with one attached hydrogen (secondary N) is 1. The van der Waals surface area contributed by atoms with E-state index in [0.29, 0.717) is 0 Å². The number of H-pyrrole nitrogens is 1. The number of nitrogens with zero attached hydrogens (tertiary/aromatic N) is 4. The lowest BCUT2D eigenvalue weighted by Crippen LogP contribution is -2.46. The van der Waals surface area contributed by atoms with Crippen molar-refractivity contribution in [2.45, 2.75) is 13.8 Å². The van der Waals surface area contributed by atoms with Crippen molar-refractivity contribution in [2.75, 3.05) is 36.0 Å². The van der Waals surface area contributed by atoms with E-state index in [1.165, 1.54) is 4.88 Å². The molecule has 0 radical (unpaired) electrons. The van der Waals surface area contributed by atoms with Crippen LogP contribution in [0.25, 0.3) is 11.0 Å². The van der Waals surface area contributed by atoms with Crippen molar-refractivity contribution in [3.05, 3.63) is 34.8 Å². The number of aromatic amines is 1. The predicted octanol–water partition coefficient (Wildman–Crippen LogP) is 2.96. The highest BCUT2D eigenvalue weighted by molar-refractivity contribution is 7.15. The molecule has 5 nitrogen and oxygen atoms in total. The number of benzene rings is 1. The van der Waals surface area contributed by atoms with Crippen LogP contribution < -0.4 is 9.80 Å². The number of aromatic nitrogens is 3. The third kappa shape index (κ3) is 2.33. The fourth-order valence-corrected chi connectivity index (χ4v) is 3.75. The van der Waals surface area contributed by atoms with E-state index >= 15 is 0 Å². The van der Waals surface area contributed by atoms with Crippen molar-refractivity contribution in [1.29, 1.82) is 0 Å². The van der Waals surface area contributed by atoms with Crippen molar-refractivity contribution >= 4 is 33.5 Å². The van der Waals surface area contributed by atoms with Gasteiger partial charge in [-0.1, -0.05) is 12.1 Å². The maximum Gasteiger partial charge on any atom is 0.203 e. The van der Waals surface area contributed by atoms with Crippen LogP contribution in [0.3, 0.4) is 0 Å². The van der Waals surface area contributed by atoms with Gasteiger partial charge in [0.2, 0.25) is 5.95 Å². The lowest BCUT2D eigenvalue weighted by Gasteiger charge is -2.34. The van der Waals surface area contributed by atoms with Gasteiger partial charge in [-0.25, -0.2) is 9.97 Å². The zero-order valence-corrected chi connectivity index (χ0v) is 13.7. The number of fused-ring (bicyclic) bond motifs is 1. The maximum absolute atomic E-state index is 4.69. The van der Waals surface area contributed by atoms with Gasteiger partial charge in [-0.15, -0.1) is 11.3 Å². The van der Waals surface area contributed by atoms with Gasteiger partial charge in [0.1, 0.15) is 0 Å². The van der Waals surface area contributed by atoms with Crippen LogP contribution in [0.4, 0.5) is 11.1 Å². The second-order valence-electron chi connectivity index (χ2n) is 5.69. The minimum Gasteiger partial charge on any atom is -0.345 e. The maximum atomic E-state index is 4.69. The molecule has 114 valence electrons. The summed E-state index contributed by atoms with van der Waals surface area (Å²) in [5.41, 5.74) is 3.29. The Bertz CT molecular complexity index is 745. The normalized spacial score (nSPS) is 15.7. The minimum absolute atomic E-state index is 0.970. The number of hydrogen-bond donors (Lipinski definition) is 1. The predicted molar refractivity (Wildman–Crippen MR) is 92.1 cm³/mol. The van der Waals surface area contributed by atoms with E-state index < -0.39 is 0 Å². The molecule has 0 atom stereocenters. The van der Waals surface area contributed by atoms with Gasteiger partial charge in [-0.3, -0.25) is 0 Å². The zero-order valence-electron chi connectivity index (χ0n) is 12.8. The fourth-order valence-electron chi connectivity index (χ4n) is 2.79. The van der Waals surface area contributed by atoms with Gasteiger partial charge >= 0.3 is 0 Å². The largest absolute Gasteiger partial charge is 0.345 e. The second-order valence-corrected chi connectivity index (χ2v) is 6.87. The Balaban J connectivity index is 1.49. The summed E-state index contributed by atoms with van der Waals surface area (Å²) in [6, 6.07) is 8.18. The van der Waals surface area contributed by atoms with Crippen LogP contribution in [-0.4, -0.2) is 41.1 Å². The number of aryl methyl sites for hydroxylation is 2. The van der Waals surface area contributed by atoms with Crippen molar-refractivity contribution in [3.63, 3.8) is 0 Å². The molecular formula is C16H19N5S. The summed E-state index contributed by atoms with van der Waals surface area (Å²) in [6.45, 7) is 8.14. The molecule has 6 heteroatoms. The Morgan fingerprint density at radius 1 is 1.00 bits per heavy atom. The van der Waals surface area contributed by atoms with E-state index in [-0.39, 0.29) is 0 Å². The van der Waals surface area contributed by atoms with E-state index in [0.717, 1.165) is 54.0 Å². The standard InChI is InChI=1S/C16H19N5S/c1-11-12(2)22-16(17-11)21-9-7-20(8-10-21)15-18-13-5-3-4-6-14(13)19-15/h3-6H,7-10H2,1-2H3,(H,18,19). The van der Waals surface area contributed by atoms with E-state index in [4.69, 9.17) is 4.98 Å². The average molecular weight is 313 g/mol. The quantitative estimate of drug-likeness (QED) is 0.790. The van der Waals surface area contributed by atoms with Crippen LogP contribution in [0.5, 0.6) is 0 Å². The first-order valence-electron chi connectivity index (χ1n) is 7.59. The smallest absolute Gasteiger partial charge is 0.203 e. The van der Waals surface area contributed by atoms with Gasteiger partial charge in [0.15, 0.2) is 5.13 Å². The first-order valence-corrected chi connectivity index (χ1v) is 8.41. The molecule has 0 unspecified atom stereocenters. The van der Waals surface area contributed by atoms with Crippen LogP contribution >= 0.6 is 11.3 Å². The van der Waals surface area contributed by atoms with Crippen LogP contribution in [0.15, 0.2) is 24.3 Å². The molecule has 22 heavy (non-hydrogen) atoms. The molecule has 1 aromatic carbocycles. The molecular weight excluding hydrogens is 294 g/mol. The molecule has 1 aliphatic rings. The summed E-state index contributed by atoms with van der Waals surface area (Å²) in [5, 5.41) is 1.15. The molecule has 0 aliphatic carbocycles. The van der Waals surface area contributed by atoms with Crippen molar-refractivity contribution in [3.8, 4) is 0 Å². The summed E-state index contributed by atoms with van der Waals surface area (Å²) in [4.78, 5) is 18.8. The molecule has 3 aromatic rings. The summed E-state index contributed by atoms with van der Waals surface area (Å²) in [7, 11) is 0. The van der Waals surface area contributed by atoms with Crippen LogP contribution in [-0.2, 0) is 0 Å². The number of imidazole rings is 1. The first kappa shape index (κ1) is 13.6. The molecule has 4 rings (SSSR count). The summed E-state index contributed by atoms with van der Waals surface area (Å²) < 4.78 is 0. The van der Waals surface area contributed by atoms with Crippen LogP contribution in [0, 0.1) is 13.8 Å². The number of para-hydroxylation sites is 2. The van der Waals surface area contributed by atoms with Crippen molar-refractivity contribution < 1.29 is 0 Å². The number of piperazine rings is 1. The lowest BCUT2D eigenvalue weighted by molar-refractivity contribution is 0.641. The summed E-state index contributed by atoms with van der Waals surface area (Å²) in [5.74, 6) is 0.979. The monoisotopic (exact) mass is 313 g/mol. The highest BCUT2D eigenvalue weighted by Crippen LogP contribution is 2.27. The van der Waals surface area contributed by atoms with Crippen molar-refractivity contribution in [1.82, 2.24) is 15.0 Å². The number of anilines is 2. The van der Waals surface area contributed by atoms with Crippen LogP contribution in [0.2, 0.25) is 0 Å². The van der Waals surface area contributed by atoms with E-state index in [1.54, 1.807) is 11.3 Å². The van der Waals surface area contributed by atoms with E-state index in [2.05, 4.69) is 39.7 Å². The van der Waals surface area contributed by atoms with Gasteiger partial charge in [0.05, 0.1) is 16.7 Å². The third-order valence-corrected chi connectivity index (χ3v) is 5.38. The third-order valence-electron chi connectivity index (χ3n) is 4.24. The Morgan fingerprint density at radius 3 is 2.41 bits per heavy atom.